The first-order valence-electron chi connectivity index (χ1n) is 9.32. The second-order valence-electron chi connectivity index (χ2n) is 6.90. The SMILES string of the molecule is Cc1cc(C)n(-c2nnc(SC(C)C(=O)NCCC3=CCCCC3)n2N)n1. The number of nitrogens with two attached hydrogens (primary N) is 1. The van der Waals surface area contributed by atoms with Crippen molar-refractivity contribution < 1.29 is 4.79 Å². The van der Waals surface area contributed by atoms with Crippen LogP contribution in [0.3, 0.4) is 0 Å². The van der Waals surface area contributed by atoms with Crippen LogP contribution < -0.4 is 11.2 Å². The van der Waals surface area contributed by atoms with Gasteiger partial charge in [-0.1, -0.05) is 23.4 Å². The quantitative estimate of drug-likeness (QED) is 0.428. The Morgan fingerprint density at radius 2 is 2.19 bits per heavy atom. The summed E-state index contributed by atoms with van der Waals surface area (Å²) in [6.45, 7) is 6.35. The summed E-state index contributed by atoms with van der Waals surface area (Å²) in [5, 5.41) is 15.8. The highest BCUT2D eigenvalue weighted by molar-refractivity contribution is 8.00. The highest BCUT2D eigenvalue weighted by Crippen LogP contribution is 2.23. The molecule has 1 aliphatic carbocycles. The highest BCUT2D eigenvalue weighted by atomic mass is 32.2. The molecule has 0 radical (unpaired) electrons. The summed E-state index contributed by atoms with van der Waals surface area (Å²) >= 11 is 1.29. The van der Waals surface area contributed by atoms with Gasteiger partial charge in [-0.15, -0.1) is 10.2 Å². The third-order valence-corrected chi connectivity index (χ3v) is 5.68. The van der Waals surface area contributed by atoms with Crippen LogP contribution in [0, 0.1) is 13.8 Å². The molecule has 9 heteroatoms. The fourth-order valence-electron chi connectivity index (χ4n) is 3.16. The van der Waals surface area contributed by atoms with Gasteiger partial charge in [0.1, 0.15) is 0 Å². The summed E-state index contributed by atoms with van der Waals surface area (Å²) in [6, 6.07) is 1.94. The molecule has 8 nitrogen and oxygen atoms in total. The standard InChI is InChI=1S/C18H27N7OS/c1-12-11-13(2)25(23-12)17-21-22-18(24(17)19)27-14(3)16(26)20-10-9-15-7-5-4-6-8-15/h7,11,14H,4-6,8-10,19H2,1-3H3,(H,20,26). The van der Waals surface area contributed by atoms with E-state index in [1.54, 1.807) is 4.68 Å². The lowest BCUT2D eigenvalue weighted by molar-refractivity contribution is -0.120. The van der Waals surface area contributed by atoms with Gasteiger partial charge in [0.15, 0.2) is 0 Å². The number of carbonyl (C=O) groups excluding carboxylic acids is 1. The first kappa shape index (κ1) is 19.5. The van der Waals surface area contributed by atoms with Gasteiger partial charge in [0.25, 0.3) is 5.95 Å². The van der Waals surface area contributed by atoms with Crippen LogP contribution >= 0.6 is 11.8 Å². The second-order valence-corrected chi connectivity index (χ2v) is 8.21. The van der Waals surface area contributed by atoms with E-state index in [-0.39, 0.29) is 11.2 Å². The average molecular weight is 390 g/mol. The second kappa shape index (κ2) is 8.60. The fourth-order valence-corrected chi connectivity index (χ4v) is 3.95. The first-order valence-corrected chi connectivity index (χ1v) is 10.2. The van der Waals surface area contributed by atoms with Crippen molar-refractivity contribution in [2.24, 2.45) is 0 Å². The zero-order valence-corrected chi connectivity index (χ0v) is 16.9. The first-order chi connectivity index (χ1) is 13.0. The topological polar surface area (TPSA) is 104 Å². The van der Waals surface area contributed by atoms with Gasteiger partial charge in [-0.2, -0.15) is 5.10 Å². The van der Waals surface area contributed by atoms with Crippen LogP contribution in [0.15, 0.2) is 22.9 Å². The number of thioether (sulfide) groups is 1. The average Bonchev–Trinajstić information content (AvgIpc) is 3.17. The van der Waals surface area contributed by atoms with Crippen molar-refractivity contribution in [3.05, 3.63) is 29.1 Å². The van der Waals surface area contributed by atoms with E-state index < -0.39 is 0 Å². The number of nitrogens with one attached hydrogen (secondary N) is 1. The number of hydrogen-bond donors (Lipinski definition) is 2. The predicted molar refractivity (Wildman–Crippen MR) is 106 cm³/mol. The van der Waals surface area contributed by atoms with Gasteiger partial charge in [-0.05, 0) is 58.9 Å². The minimum absolute atomic E-state index is 0.0212. The van der Waals surface area contributed by atoms with Gasteiger partial charge in [0.2, 0.25) is 11.1 Å². The maximum atomic E-state index is 12.4. The number of allylic oxidation sites excluding steroid dienone is 1. The number of aromatic nitrogens is 5. The molecule has 0 bridgehead atoms. The van der Waals surface area contributed by atoms with Gasteiger partial charge in [0, 0.05) is 12.2 Å². The molecule has 1 unspecified atom stereocenters. The Kier molecular flexibility index (Phi) is 6.20. The number of nitrogen functional groups attached to an aromatic ring is 1. The van der Waals surface area contributed by atoms with Crippen LogP contribution in [-0.4, -0.2) is 42.4 Å². The number of amides is 1. The van der Waals surface area contributed by atoms with E-state index in [0.717, 1.165) is 24.2 Å². The molecule has 0 saturated heterocycles. The smallest absolute Gasteiger partial charge is 0.271 e. The summed E-state index contributed by atoms with van der Waals surface area (Å²) in [4.78, 5) is 12.4. The Morgan fingerprint density at radius 1 is 1.37 bits per heavy atom. The molecule has 0 aromatic carbocycles. The van der Waals surface area contributed by atoms with Gasteiger partial charge in [-0.25, -0.2) is 9.36 Å². The van der Waals surface area contributed by atoms with Crippen molar-refractivity contribution in [1.82, 2.24) is 30.0 Å². The molecule has 2 heterocycles. The molecular formula is C18H27N7OS. The molecule has 1 atom stereocenters. The Balaban J connectivity index is 1.56. The third-order valence-electron chi connectivity index (χ3n) is 4.63. The van der Waals surface area contributed by atoms with Crippen molar-refractivity contribution >= 4 is 17.7 Å². The molecule has 0 saturated carbocycles. The highest BCUT2D eigenvalue weighted by Gasteiger charge is 2.20. The minimum Gasteiger partial charge on any atom is -0.355 e. The van der Waals surface area contributed by atoms with E-state index in [0.29, 0.717) is 17.6 Å². The van der Waals surface area contributed by atoms with Gasteiger partial charge in [-0.3, -0.25) is 4.79 Å². The lowest BCUT2D eigenvalue weighted by Gasteiger charge is -2.14. The molecule has 3 rings (SSSR count). The molecule has 3 N–H and O–H groups in total. The van der Waals surface area contributed by atoms with Gasteiger partial charge >= 0.3 is 0 Å². The normalized spacial score (nSPS) is 15.4. The largest absolute Gasteiger partial charge is 0.355 e. The van der Waals surface area contributed by atoms with Crippen LogP contribution in [0.2, 0.25) is 0 Å². The van der Waals surface area contributed by atoms with E-state index in [2.05, 4.69) is 26.7 Å². The predicted octanol–water partition coefficient (Wildman–Crippen LogP) is 2.28. The number of aryl methyl sites for hydroxylation is 2. The molecule has 146 valence electrons. The summed E-state index contributed by atoms with van der Waals surface area (Å²) in [6.07, 6.45) is 8.10. The van der Waals surface area contributed by atoms with Crippen molar-refractivity contribution in [3.8, 4) is 5.95 Å². The van der Waals surface area contributed by atoms with Crippen molar-refractivity contribution in [2.75, 3.05) is 12.4 Å². The van der Waals surface area contributed by atoms with Gasteiger partial charge in [0.05, 0.1) is 10.9 Å². The number of carbonyl (C=O) groups is 1. The monoisotopic (exact) mass is 389 g/mol. The van der Waals surface area contributed by atoms with Crippen LogP contribution in [0.25, 0.3) is 5.95 Å². The molecule has 2 aromatic heterocycles. The minimum atomic E-state index is -0.315. The molecule has 2 aromatic rings. The molecule has 0 aliphatic heterocycles. The van der Waals surface area contributed by atoms with E-state index in [9.17, 15) is 4.79 Å². The molecule has 27 heavy (non-hydrogen) atoms. The molecule has 0 fully saturated rings. The number of hydrogen-bond acceptors (Lipinski definition) is 6. The zero-order chi connectivity index (χ0) is 19.4. The molecule has 1 amide bonds. The van der Waals surface area contributed by atoms with E-state index >= 15 is 0 Å². The van der Waals surface area contributed by atoms with Crippen molar-refractivity contribution in [2.45, 2.75) is 63.3 Å². The maximum absolute atomic E-state index is 12.4. The van der Waals surface area contributed by atoms with Gasteiger partial charge < -0.3 is 11.2 Å². The van der Waals surface area contributed by atoms with E-state index in [1.807, 2.05) is 26.8 Å². The zero-order valence-electron chi connectivity index (χ0n) is 16.1. The van der Waals surface area contributed by atoms with Crippen molar-refractivity contribution in [1.29, 1.82) is 0 Å². The summed E-state index contributed by atoms with van der Waals surface area (Å²) < 4.78 is 3.02. The number of rotatable bonds is 7. The number of nitrogens with zero attached hydrogens (tertiary/aromatic N) is 5. The van der Waals surface area contributed by atoms with Crippen LogP contribution in [-0.2, 0) is 4.79 Å². The third kappa shape index (κ3) is 4.71. The lowest BCUT2D eigenvalue weighted by Crippen LogP contribution is -2.32. The van der Waals surface area contributed by atoms with E-state index in [4.69, 9.17) is 5.84 Å². The fraction of sp³-hybridized carbons (Fsp3) is 0.556. The summed E-state index contributed by atoms with van der Waals surface area (Å²) in [7, 11) is 0. The van der Waals surface area contributed by atoms with Crippen LogP contribution in [0.5, 0.6) is 0 Å². The lowest BCUT2D eigenvalue weighted by atomic mass is 9.97. The Bertz CT molecular complexity index is 839. The molecule has 1 aliphatic rings. The van der Waals surface area contributed by atoms with E-state index in [1.165, 1.54) is 41.3 Å². The van der Waals surface area contributed by atoms with Crippen molar-refractivity contribution in [3.63, 3.8) is 0 Å². The maximum Gasteiger partial charge on any atom is 0.271 e. The molecule has 0 spiro atoms. The molecular weight excluding hydrogens is 362 g/mol. The Labute approximate surface area is 163 Å². The Hall–Kier alpha value is -2.29. The summed E-state index contributed by atoms with van der Waals surface area (Å²) in [5.74, 6) is 6.54. The Morgan fingerprint density at radius 3 is 2.85 bits per heavy atom. The van der Waals surface area contributed by atoms with Crippen LogP contribution in [0.1, 0.15) is 50.4 Å². The van der Waals surface area contributed by atoms with Crippen LogP contribution in [0.4, 0.5) is 0 Å². The summed E-state index contributed by atoms with van der Waals surface area (Å²) in [5.41, 5.74) is 3.26.